The van der Waals surface area contributed by atoms with Crippen LogP contribution in [0.15, 0.2) is 12.2 Å². The van der Waals surface area contributed by atoms with Gasteiger partial charge in [-0.15, -0.1) is 0 Å². The van der Waals surface area contributed by atoms with Gasteiger partial charge >= 0.3 is 0 Å². The molecule has 0 spiro atoms. The molecule has 0 amide bonds. The summed E-state index contributed by atoms with van der Waals surface area (Å²) in [6.07, 6.45) is 12.0. The largest absolute Gasteiger partial charge is 0.414 e. The van der Waals surface area contributed by atoms with E-state index in [1.54, 1.807) is 7.11 Å². The highest BCUT2D eigenvalue weighted by Crippen LogP contribution is 2.59. The highest BCUT2D eigenvalue weighted by molar-refractivity contribution is 6.74. The van der Waals surface area contributed by atoms with E-state index in [-0.39, 0.29) is 10.6 Å². The van der Waals surface area contributed by atoms with Gasteiger partial charge in [-0.1, -0.05) is 67.0 Å². The van der Waals surface area contributed by atoms with Crippen molar-refractivity contribution < 1.29 is 13.9 Å². The van der Waals surface area contributed by atoms with E-state index in [0.717, 1.165) is 5.92 Å². The van der Waals surface area contributed by atoms with E-state index in [2.05, 4.69) is 87.6 Å². The zero-order valence-electron chi connectivity index (χ0n) is 24.1. The molecular weight excluding hydrogens is 424 g/mol. The molecule has 0 N–H and O–H groups in total. The maximum atomic E-state index is 7.05. The fourth-order valence-corrected chi connectivity index (χ4v) is 8.11. The molecule has 0 aromatic carbocycles. The first kappa shape index (κ1) is 29.1. The van der Waals surface area contributed by atoms with Gasteiger partial charge in [-0.05, 0) is 86.7 Å². The molecule has 0 saturated heterocycles. The molecule has 0 radical (unpaired) electrons. The number of fused-ring (bicyclic) bond motifs is 1. The van der Waals surface area contributed by atoms with Gasteiger partial charge in [0.2, 0.25) is 0 Å². The van der Waals surface area contributed by atoms with E-state index in [0.29, 0.717) is 42.0 Å². The maximum absolute atomic E-state index is 7.05. The van der Waals surface area contributed by atoms with Gasteiger partial charge in [-0.3, -0.25) is 0 Å². The Morgan fingerprint density at radius 1 is 1.00 bits per heavy atom. The number of methoxy groups -OCH3 is 1. The monoisotopic (exact) mass is 480 g/mol. The molecule has 0 heterocycles. The van der Waals surface area contributed by atoms with E-state index >= 15 is 0 Å². The van der Waals surface area contributed by atoms with Gasteiger partial charge < -0.3 is 13.9 Å². The van der Waals surface area contributed by atoms with Gasteiger partial charge in [0.05, 0.1) is 5.60 Å². The molecule has 0 bridgehead atoms. The lowest BCUT2D eigenvalue weighted by molar-refractivity contribution is -0.137. The second-order valence-electron chi connectivity index (χ2n) is 13.8. The molecule has 33 heavy (non-hydrogen) atoms. The number of rotatable bonds is 10. The SMILES string of the molecule is COCOC(C)(C)[C@H](/C=C/[C@@H](C)[C@H]1CC[C@H]2[C@@H](O[Si](C)(C)C(C)(C)C)CCC[C@]12C)C(C)C. The Balaban J connectivity index is 2.16. The van der Waals surface area contributed by atoms with Crippen LogP contribution >= 0.6 is 0 Å². The number of hydrogen-bond acceptors (Lipinski definition) is 3. The number of hydrogen-bond donors (Lipinski definition) is 0. The molecule has 0 aromatic heterocycles. The molecule has 6 atom stereocenters. The van der Waals surface area contributed by atoms with Crippen molar-refractivity contribution in [1.82, 2.24) is 0 Å². The van der Waals surface area contributed by atoms with Crippen LogP contribution in [-0.4, -0.2) is 33.9 Å². The van der Waals surface area contributed by atoms with Crippen molar-refractivity contribution in [2.75, 3.05) is 13.9 Å². The molecule has 3 nitrogen and oxygen atoms in total. The molecule has 194 valence electrons. The van der Waals surface area contributed by atoms with Crippen molar-refractivity contribution in [3.63, 3.8) is 0 Å². The Bertz CT molecular complexity index is 648. The second-order valence-corrected chi connectivity index (χ2v) is 18.5. The Kier molecular flexibility index (Phi) is 9.55. The molecule has 2 saturated carbocycles. The average molecular weight is 481 g/mol. The summed E-state index contributed by atoms with van der Waals surface area (Å²) in [5.74, 6) is 2.90. The molecule has 0 aromatic rings. The van der Waals surface area contributed by atoms with Gasteiger partial charge in [-0.25, -0.2) is 0 Å². The van der Waals surface area contributed by atoms with Gasteiger partial charge in [0.25, 0.3) is 0 Å². The predicted octanol–water partition coefficient (Wildman–Crippen LogP) is 8.46. The maximum Gasteiger partial charge on any atom is 0.192 e. The van der Waals surface area contributed by atoms with Crippen molar-refractivity contribution in [1.29, 1.82) is 0 Å². The van der Waals surface area contributed by atoms with E-state index in [9.17, 15) is 0 Å². The summed E-state index contributed by atoms with van der Waals surface area (Å²) >= 11 is 0. The van der Waals surface area contributed by atoms with Crippen LogP contribution in [0.3, 0.4) is 0 Å². The van der Waals surface area contributed by atoms with E-state index in [4.69, 9.17) is 13.9 Å². The fourth-order valence-electron chi connectivity index (χ4n) is 6.71. The fraction of sp³-hybridized carbons (Fsp3) is 0.931. The third kappa shape index (κ3) is 6.54. The van der Waals surface area contributed by atoms with Crippen LogP contribution in [0.2, 0.25) is 18.1 Å². The quantitative estimate of drug-likeness (QED) is 0.178. The van der Waals surface area contributed by atoms with Crippen LogP contribution in [0.4, 0.5) is 0 Å². The molecule has 2 aliphatic carbocycles. The van der Waals surface area contributed by atoms with Crippen molar-refractivity contribution in [3.05, 3.63) is 12.2 Å². The molecule has 0 aliphatic heterocycles. The number of allylic oxidation sites excluding steroid dienone is 1. The molecule has 2 aliphatic rings. The standard InChI is InChI=1S/C29H56O3Si/c1-21(2)23(28(7,8)31-20-30-10)16-15-22(3)24-17-18-25-26(14-13-19-29(24,25)9)32-33(11,12)27(4,5)6/h15-16,21-26H,13-14,17-20H2,1-12H3/b16-15+/t22-,23-,24-,25+,26+,29-/m1/s1. The van der Waals surface area contributed by atoms with Crippen molar-refractivity contribution in [3.8, 4) is 0 Å². The summed E-state index contributed by atoms with van der Waals surface area (Å²) in [7, 11) is -0.0511. The molecule has 4 heteroatoms. The minimum Gasteiger partial charge on any atom is -0.414 e. The minimum atomic E-state index is -1.75. The van der Waals surface area contributed by atoms with Crippen LogP contribution < -0.4 is 0 Å². The van der Waals surface area contributed by atoms with E-state index in [1.165, 1.54) is 32.1 Å². The Morgan fingerprint density at radius 3 is 2.18 bits per heavy atom. The highest BCUT2D eigenvalue weighted by atomic mass is 28.4. The van der Waals surface area contributed by atoms with Crippen LogP contribution in [0.5, 0.6) is 0 Å². The summed E-state index contributed by atoms with van der Waals surface area (Å²) in [6, 6.07) is 0. The van der Waals surface area contributed by atoms with Crippen LogP contribution in [0.1, 0.15) is 94.4 Å². The lowest BCUT2D eigenvalue weighted by Gasteiger charge is -2.49. The molecule has 2 rings (SSSR count). The van der Waals surface area contributed by atoms with E-state index in [1.807, 2.05) is 0 Å². The first-order valence-electron chi connectivity index (χ1n) is 13.6. The predicted molar refractivity (Wildman–Crippen MR) is 144 cm³/mol. The zero-order valence-corrected chi connectivity index (χ0v) is 25.1. The van der Waals surface area contributed by atoms with Crippen LogP contribution in [0.25, 0.3) is 0 Å². The lowest BCUT2D eigenvalue weighted by Crippen LogP contribution is -2.50. The zero-order chi connectivity index (χ0) is 25.2. The summed E-state index contributed by atoms with van der Waals surface area (Å²) in [5, 5.41) is 0.276. The third-order valence-electron chi connectivity index (χ3n) is 9.71. The summed E-state index contributed by atoms with van der Waals surface area (Å²) in [4.78, 5) is 0. The van der Waals surface area contributed by atoms with Crippen LogP contribution in [-0.2, 0) is 13.9 Å². The normalized spacial score (nSPS) is 31.2. The second kappa shape index (κ2) is 10.8. The topological polar surface area (TPSA) is 27.7 Å². The third-order valence-corrected chi connectivity index (χ3v) is 14.2. The Hall–Kier alpha value is -0.163. The highest BCUT2D eigenvalue weighted by Gasteiger charge is 2.54. The van der Waals surface area contributed by atoms with Gasteiger partial charge in [-0.2, -0.15) is 0 Å². The first-order valence-corrected chi connectivity index (χ1v) is 16.5. The van der Waals surface area contributed by atoms with Gasteiger partial charge in [0.15, 0.2) is 8.32 Å². The summed E-state index contributed by atoms with van der Waals surface area (Å²) in [6.45, 7) is 26.3. The molecule has 2 fully saturated rings. The Labute approximate surface area is 207 Å². The molecule has 0 unspecified atom stereocenters. The average Bonchev–Trinajstić information content (AvgIpc) is 3.03. The summed E-state index contributed by atoms with van der Waals surface area (Å²) in [5.41, 5.74) is 0.153. The number of ether oxygens (including phenoxy) is 2. The van der Waals surface area contributed by atoms with Crippen molar-refractivity contribution in [2.24, 2.45) is 35.0 Å². The van der Waals surface area contributed by atoms with Gasteiger partial charge in [0, 0.05) is 19.1 Å². The lowest BCUT2D eigenvalue weighted by atomic mass is 9.62. The van der Waals surface area contributed by atoms with Gasteiger partial charge in [0.1, 0.15) is 6.79 Å². The minimum absolute atomic E-state index is 0.241. The first-order chi connectivity index (χ1) is 15.1. The van der Waals surface area contributed by atoms with Crippen LogP contribution in [0, 0.1) is 35.0 Å². The summed E-state index contributed by atoms with van der Waals surface area (Å²) < 4.78 is 18.3. The Morgan fingerprint density at radius 2 is 1.64 bits per heavy atom. The van der Waals surface area contributed by atoms with Crippen molar-refractivity contribution in [2.45, 2.75) is 124 Å². The van der Waals surface area contributed by atoms with E-state index < -0.39 is 8.32 Å². The smallest absolute Gasteiger partial charge is 0.192 e. The van der Waals surface area contributed by atoms with Crippen molar-refractivity contribution >= 4 is 8.32 Å². The molecular formula is C29H56O3Si.